The first kappa shape index (κ1) is 23.6. The van der Waals surface area contributed by atoms with Crippen molar-refractivity contribution in [1.29, 1.82) is 0 Å². The maximum Gasteiger partial charge on any atom is 0.361 e. The second-order valence-electron chi connectivity index (χ2n) is 8.43. The van der Waals surface area contributed by atoms with E-state index in [9.17, 15) is 4.79 Å². The van der Waals surface area contributed by atoms with Gasteiger partial charge in [0, 0.05) is 19.6 Å². The lowest BCUT2D eigenvalue weighted by Gasteiger charge is -2.41. The Morgan fingerprint density at radius 1 is 0.893 bits per heavy atom. The highest BCUT2D eigenvalue weighted by atomic mass is 16.5. The van der Waals surface area contributed by atoms with E-state index in [1.807, 2.05) is 0 Å². The lowest BCUT2D eigenvalue weighted by atomic mass is 10.1. The average molecular weight is 400 g/mol. The smallest absolute Gasteiger partial charge is 0.361 e. The fraction of sp³-hybridized carbons (Fsp3) is 0.955. The molecule has 0 unspecified atom stereocenters. The molecule has 0 bridgehead atoms. The summed E-state index contributed by atoms with van der Waals surface area (Å²) in [6.07, 6.45) is 10.1. The topological polar surface area (TPSA) is 48.0 Å². The van der Waals surface area contributed by atoms with Crippen molar-refractivity contribution in [2.45, 2.75) is 58.3 Å². The van der Waals surface area contributed by atoms with Crippen LogP contribution in [-0.4, -0.2) is 94.2 Å². The molecule has 0 aromatic carbocycles. The fourth-order valence-corrected chi connectivity index (χ4v) is 4.11. The Kier molecular flexibility index (Phi) is 12.1. The lowest BCUT2D eigenvalue weighted by Crippen LogP contribution is -2.60. The van der Waals surface area contributed by atoms with Crippen molar-refractivity contribution >= 4 is 5.97 Å². The molecule has 0 radical (unpaired) electrons. The zero-order chi connectivity index (χ0) is 19.9. The summed E-state index contributed by atoms with van der Waals surface area (Å²) in [7, 11) is 0. The van der Waals surface area contributed by atoms with Gasteiger partial charge >= 0.3 is 5.97 Å². The van der Waals surface area contributed by atoms with Crippen molar-refractivity contribution in [2.24, 2.45) is 0 Å². The number of hydrogen-bond acceptors (Lipinski definition) is 5. The molecule has 0 spiro atoms. The maximum absolute atomic E-state index is 12.5. The molecule has 0 aromatic rings. The molecule has 2 saturated heterocycles. The molecule has 2 aliphatic rings. The summed E-state index contributed by atoms with van der Waals surface area (Å²) in [4.78, 5) is 14.9. The molecular formula is C22H43N2O4+. The molecule has 6 heteroatoms. The van der Waals surface area contributed by atoms with E-state index in [1.165, 1.54) is 44.9 Å². The number of ether oxygens (including phenoxy) is 3. The minimum atomic E-state index is -0.0353. The van der Waals surface area contributed by atoms with Crippen LogP contribution in [0.1, 0.15) is 58.3 Å². The molecule has 2 heterocycles. The first-order chi connectivity index (χ1) is 13.7. The second kappa shape index (κ2) is 14.3. The average Bonchev–Trinajstić information content (AvgIpc) is 2.72. The minimum absolute atomic E-state index is 0.0353. The van der Waals surface area contributed by atoms with Crippen LogP contribution in [0.5, 0.6) is 0 Å². The van der Waals surface area contributed by atoms with Crippen molar-refractivity contribution in [3.8, 4) is 0 Å². The Labute approximate surface area is 172 Å². The normalized spacial score (nSPS) is 20.2. The summed E-state index contributed by atoms with van der Waals surface area (Å²) in [5.41, 5.74) is 0. The standard InChI is InChI=1S/C22H43N2O4/c1-2-3-4-5-6-7-8-9-16-28-22(25)21-24(14-19-27-20-15-24)13-10-23-11-17-26-18-12-23/h2-21H2,1H3/q+1. The van der Waals surface area contributed by atoms with Gasteiger partial charge in [0.25, 0.3) is 0 Å². The van der Waals surface area contributed by atoms with Crippen molar-refractivity contribution in [3.05, 3.63) is 0 Å². The molecule has 28 heavy (non-hydrogen) atoms. The summed E-state index contributed by atoms with van der Waals surface area (Å²) < 4.78 is 17.4. The van der Waals surface area contributed by atoms with Crippen LogP contribution in [-0.2, 0) is 19.0 Å². The van der Waals surface area contributed by atoms with Crippen LogP contribution >= 0.6 is 0 Å². The highest BCUT2D eigenvalue weighted by molar-refractivity contribution is 5.70. The van der Waals surface area contributed by atoms with Gasteiger partial charge < -0.3 is 18.7 Å². The number of esters is 1. The van der Waals surface area contributed by atoms with E-state index >= 15 is 0 Å². The van der Waals surface area contributed by atoms with Crippen LogP contribution in [0, 0.1) is 0 Å². The molecule has 164 valence electrons. The van der Waals surface area contributed by atoms with E-state index in [2.05, 4.69) is 11.8 Å². The van der Waals surface area contributed by atoms with Gasteiger partial charge in [-0.2, -0.15) is 0 Å². The summed E-state index contributed by atoms with van der Waals surface area (Å²) in [6.45, 7) is 12.3. The van der Waals surface area contributed by atoms with Crippen LogP contribution in [0.3, 0.4) is 0 Å². The number of unbranched alkanes of at least 4 members (excludes halogenated alkanes) is 7. The molecular weight excluding hydrogens is 356 g/mol. The summed E-state index contributed by atoms with van der Waals surface area (Å²) in [5, 5.41) is 0. The molecule has 0 N–H and O–H groups in total. The number of morpholine rings is 2. The summed E-state index contributed by atoms with van der Waals surface area (Å²) >= 11 is 0. The summed E-state index contributed by atoms with van der Waals surface area (Å²) in [5.74, 6) is -0.0353. The number of rotatable bonds is 14. The van der Waals surface area contributed by atoms with Gasteiger partial charge in [0.2, 0.25) is 0 Å². The van der Waals surface area contributed by atoms with Gasteiger partial charge in [-0.1, -0.05) is 51.9 Å². The molecule has 2 rings (SSSR count). The van der Waals surface area contributed by atoms with E-state index < -0.39 is 0 Å². The summed E-state index contributed by atoms with van der Waals surface area (Å²) in [6, 6.07) is 0. The van der Waals surface area contributed by atoms with E-state index in [0.29, 0.717) is 13.2 Å². The Hall–Kier alpha value is -0.690. The Bertz CT molecular complexity index is 407. The van der Waals surface area contributed by atoms with Crippen LogP contribution in [0.15, 0.2) is 0 Å². The van der Waals surface area contributed by atoms with Gasteiger partial charge in [-0.05, 0) is 6.42 Å². The third kappa shape index (κ3) is 9.68. The van der Waals surface area contributed by atoms with Crippen LogP contribution in [0.4, 0.5) is 0 Å². The van der Waals surface area contributed by atoms with Crippen LogP contribution in [0.25, 0.3) is 0 Å². The largest absolute Gasteiger partial charge is 0.462 e. The highest BCUT2D eigenvalue weighted by Gasteiger charge is 2.34. The molecule has 0 saturated carbocycles. The minimum Gasteiger partial charge on any atom is -0.462 e. The molecule has 6 nitrogen and oxygen atoms in total. The number of hydrogen-bond donors (Lipinski definition) is 0. The van der Waals surface area contributed by atoms with Crippen LogP contribution < -0.4 is 0 Å². The zero-order valence-corrected chi connectivity index (χ0v) is 18.2. The molecule has 0 amide bonds. The van der Waals surface area contributed by atoms with Crippen molar-refractivity contribution in [2.75, 3.05) is 78.8 Å². The van der Waals surface area contributed by atoms with Gasteiger partial charge in [-0.25, -0.2) is 4.79 Å². The Balaban J connectivity index is 1.60. The zero-order valence-electron chi connectivity index (χ0n) is 18.2. The van der Waals surface area contributed by atoms with Crippen molar-refractivity contribution in [1.82, 2.24) is 4.90 Å². The van der Waals surface area contributed by atoms with Crippen molar-refractivity contribution < 1.29 is 23.5 Å². The quantitative estimate of drug-likeness (QED) is 0.255. The predicted octanol–water partition coefficient (Wildman–Crippen LogP) is 2.85. The number of carbonyl (C=O) groups excluding carboxylic acids is 1. The Morgan fingerprint density at radius 2 is 1.50 bits per heavy atom. The number of quaternary nitrogens is 1. The first-order valence-electron chi connectivity index (χ1n) is 11.6. The first-order valence-corrected chi connectivity index (χ1v) is 11.6. The SMILES string of the molecule is CCCCCCCCCCOC(=O)C[N+]1(CCN2CCOCC2)CCOCC1. The number of nitrogens with zero attached hydrogens (tertiary/aromatic N) is 2. The third-order valence-electron chi connectivity index (χ3n) is 6.14. The predicted molar refractivity (Wildman–Crippen MR) is 111 cm³/mol. The van der Waals surface area contributed by atoms with E-state index in [-0.39, 0.29) is 5.97 Å². The monoisotopic (exact) mass is 399 g/mol. The van der Waals surface area contributed by atoms with Crippen LogP contribution in [0.2, 0.25) is 0 Å². The molecule has 2 fully saturated rings. The van der Waals surface area contributed by atoms with E-state index in [1.54, 1.807) is 0 Å². The van der Waals surface area contributed by atoms with Gasteiger partial charge in [-0.15, -0.1) is 0 Å². The maximum atomic E-state index is 12.5. The second-order valence-corrected chi connectivity index (χ2v) is 8.43. The fourth-order valence-electron chi connectivity index (χ4n) is 4.11. The molecule has 0 aliphatic carbocycles. The van der Waals surface area contributed by atoms with Crippen molar-refractivity contribution in [3.63, 3.8) is 0 Å². The number of carbonyl (C=O) groups is 1. The van der Waals surface area contributed by atoms with E-state index in [4.69, 9.17) is 14.2 Å². The highest BCUT2D eigenvalue weighted by Crippen LogP contribution is 2.13. The van der Waals surface area contributed by atoms with Gasteiger partial charge in [-0.3, -0.25) is 4.90 Å². The van der Waals surface area contributed by atoms with E-state index in [0.717, 1.165) is 76.6 Å². The van der Waals surface area contributed by atoms with Gasteiger partial charge in [0.1, 0.15) is 13.1 Å². The molecule has 2 aliphatic heterocycles. The Morgan fingerprint density at radius 3 is 2.18 bits per heavy atom. The molecule has 0 atom stereocenters. The lowest BCUT2D eigenvalue weighted by molar-refractivity contribution is -0.928. The third-order valence-corrected chi connectivity index (χ3v) is 6.14. The molecule has 0 aromatic heterocycles. The van der Waals surface area contributed by atoms with Gasteiger partial charge in [0.05, 0.1) is 39.6 Å². The van der Waals surface area contributed by atoms with Gasteiger partial charge in [0.15, 0.2) is 6.54 Å².